The molecule has 0 aromatic carbocycles. The molecule has 2 heterocycles. The van der Waals surface area contributed by atoms with Gasteiger partial charge in [-0.15, -0.1) is 0 Å². The summed E-state index contributed by atoms with van der Waals surface area (Å²) in [6.07, 6.45) is 7.26. The molecule has 0 atom stereocenters. The number of allylic oxidation sites excluding steroid dienone is 1. The molecule has 0 spiro atoms. The highest BCUT2D eigenvalue weighted by Gasteiger charge is 2.17. The number of hydrogen-bond donors (Lipinski definition) is 0. The van der Waals surface area contributed by atoms with E-state index in [1.807, 2.05) is 6.20 Å². The fourth-order valence-electron chi connectivity index (χ4n) is 2.22. The van der Waals surface area contributed by atoms with Crippen LogP contribution in [0.25, 0.3) is 6.08 Å². The van der Waals surface area contributed by atoms with Gasteiger partial charge >= 0.3 is 0 Å². The third-order valence-electron chi connectivity index (χ3n) is 3.00. The summed E-state index contributed by atoms with van der Waals surface area (Å²) in [6, 6.07) is 2.11. The minimum absolute atomic E-state index is 0.834. The number of hydrogen-bond acceptors (Lipinski definition) is 3. The smallest absolute Gasteiger partial charge is 0.0642 e. The second-order valence-electron chi connectivity index (χ2n) is 3.90. The molecule has 0 unspecified atom stereocenters. The number of ether oxygens (including phenoxy) is 1. The van der Waals surface area contributed by atoms with Crippen molar-refractivity contribution in [1.82, 2.24) is 4.98 Å². The van der Waals surface area contributed by atoms with Crippen molar-refractivity contribution in [2.24, 2.45) is 0 Å². The van der Waals surface area contributed by atoms with E-state index in [9.17, 15) is 0 Å². The van der Waals surface area contributed by atoms with Crippen LogP contribution in [0.4, 0.5) is 5.69 Å². The van der Waals surface area contributed by atoms with Crippen LogP contribution in [0.15, 0.2) is 18.3 Å². The Bertz CT molecular complexity index is 395. The maximum atomic E-state index is 5.37. The predicted molar refractivity (Wildman–Crippen MR) is 60.0 cm³/mol. The van der Waals surface area contributed by atoms with Crippen molar-refractivity contribution in [2.45, 2.75) is 6.42 Å². The molecule has 0 bridgehead atoms. The molecule has 3 nitrogen and oxygen atoms in total. The monoisotopic (exact) mass is 202 g/mol. The van der Waals surface area contributed by atoms with Gasteiger partial charge in [0.25, 0.3) is 0 Å². The molecule has 0 saturated carbocycles. The first-order chi connectivity index (χ1) is 7.45. The quantitative estimate of drug-likeness (QED) is 0.690. The number of pyridine rings is 1. The van der Waals surface area contributed by atoms with Crippen LogP contribution in [0.3, 0.4) is 0 Å². The number of morpholine rings is 1. The second kappa shape index (κ2) is 3.66. The van der Waals surface area contributed by atoms with Crippen LogP contribution in [-0.2, 0) is 11.2 Å². The van der Waals surface area contributed by atoms with Gasteiger partial charge in [0.1, 0.15) is 0 Å². The number of rotatable bonds is 1. The van der Waals surface area contributed by atoms with Gasteiger partial charge in [-0.2, -0.15) is 0 Å². The van der Waals surface area contributed by atoms with Crippen molar-refractivity contribution >= 4 is 11.8 Å². The molecular weight excluding hydrogens is 188 g/mol. The van der Waals surface area contributed by atoms with Crippen molar-refractivity contribution in [3.63, 3.8) is 0 Å². The van der Waals surface area contributed by atoms with Gasteiger partial charge in [0.15, 0.2) is 0 Å². The Balaban J connectivity index is 1.96. The zero-order valence-corrected chi connectivity index (χ0v) is 8.65. The lowest BCUT2D eigenvalue weighted by atomic mass is 10.1. The number of fused-ring (bicyclic) bond motifs is 1. The summed E-state index contributed by atoms with van der Waals surface area (Å²) >= 11 is 0. The lowest BCUT2D eigenvalue weighted by Gasteiger charge is -2.30. The lowest BCUT2D eigenvalue weighted by Crippen LogP contribution is -2.36. The van der Waals surface area contributed by atoms with Crippen LogP contribution < -0.4 is 4.90 Å². The van der Waals surface area contributed by atoms with Crippen molar-refractivity contribution < 1.29 is 4.74 Å². The Kier molecular flexibility index (Phi) is 2.18. The highest BCUT2D eigenvalue weighted by Crippen LogP contribution is 2.28. The van der Waals surface area contributed by atoms with Crippen molar-refractivity contribution in [2.75, 3.05) is 31.2 Å². The molecular formula is C12H14N2O. The summed E-state index contributed by atoms with van der Waals surface area (Å²) in [5, 5.41) is 0. The molecule has 1 aliphatic heterocycles. The predicted octanol–water partition coefficient (Wildman–Crippen LogP) is 1.49. The standard InChI is InChI=1S/C12H14N2O/c1-2-10-11(3-1)13-5-4-12(10)14-6-8-15-9-7-14/h1-2,4-5H,3,6-9H2. The maximum Gasteiger partial charge on any atom is 0.0642 e. The van der Waals surface area contributed by atoms with E-state index in [2.05, 4.69) is 28.1 Å². The van der Waals surface area contributed by atoms with Crippen molar-refractivity contribution in [1.29, 1.82) is 0 Å². The van der Waals surface area contributed by atoms with E-state index < -0.39 is 0 Å². The van der Waals surface area contributed by atoms with Crippen molar-refractivity contribution in [3.05, 3.63) is 29.6 Å². The molecule has 1 aromatic rings. The number of aromatic nitrogens is 1. The first-order valence-corrected chi connectivity index (χ1v) is 5.42. The zero-order chi connectivity index (χ0) is 10.1. The van der Waals surface area contributed by atoms with Crippen LogP contribution in [0, 0.1) is 0 Å². The fourth-order valence-corrected chi connectivity index (χ4v) is 2.22. The largest absolute Gasteiger partial charge is 0.378 e. The van der Waals surface area contributed by atoms with Gasteiger partial charge in [0.05, 0.1) is 18.9 Å². The third kappa shape index (κ3) is 1.53. The molecule has 3 heteroatoms. The first-order valence-electron chi connectivity index (χ1n) is 5.42. The molecule has 0 radical (unpaired) electrons. The molecule has 15 heavy (non-hydrogen) atoms. The summed E-state index contributed by atoms with van der Waals surface area (Å²) in [7, 11) is 0. The maximum absolute atomic E-state index is 5.37. The van der Waals surface area contributed by atoms with Crippen molar-refractivity contribution in [3.8, 4) is 0 Å². The summed E-state index contributed by atoms with van der Waals surface area (Å²) in [4.78, 5) is 6.78. The summed E-state index contributed by atoms with van der Waals surface area (Å²) in [5.41, 5.74) is 3.83. The van der Waals surface area contributed by atoms with Crippen LogP contribution in [0.5, 0.6) is 0 Å². The highest BCUT2D eigenvalue weighted by atomic mass is 16.5. The Morgan fingerprint density at radius 2 is 2.13 bits per heavy atom. The fraction of sp³-hybridized carbons (Fsp3) is 0.417. The second-order valence-corrected chi connectivity index (χ2v) is 3.90. The Labute approximate surface area is 89.4 Å². The lowest BCUT2D eigenvalue weighted by molar-refractivity contribution is 0.122. The molecule has 0 amide bonds. The van der Waals surface area contributed by atoms with Crippen LogP contribution in [0.1, 0.15) is 11.3 Å². The molecule has 2 aliphatic rings. The van der Waals surface area contributed by atoms with Gasteiger partial charge in [-0.3, -0.25) is 4.98 Å². The average molecular weight is 202 g/mol. The third-order valence-corrected chi connectivity index (χ3v) is 3.00. The van der Waals surface area contributed by atoms with Gasteiger partial charge in [-0.1, -0.05) is 12.2 Å². The van der Waals surface area contributed by atoms with E-state index in [1.54, 1.807) is 0 Å². The van der Waals surface area contributed by atoms with E-state index in [0.29, 0.717) is 0 Å². The van der Waals surface area contributed by atoms with E-state index >= 15 is 0 Å². The normalized spacial score (nSPS) is 19.3. The molecule has 1 aliphatic carbocycles. The average Bonchev–Trinajstić information content (AvgIpc) is 2.78. The highest BCUT2D eigenvalue weighted by molar-refractivity contribution is 5.72. The van der Waals surface area contributed by atoms with Crippen LogP contribution in [-0.4, -0.2) is 31.3 Å². The van der Waals surface area contributed by atoms with Gasteiger partial charge in [-0.05, 0) is 6.07 Å². The Hall–Kier alpha value is -1.35. The molecule has 1 aromatic heterocycles. The topological polar surface area (TPSA) is 25.4 Å². The first kappa shape index (κ1) is 8.92. The number of nitrogens with zero attached hydrogens (tertiary/aromatic N) is 2. The summed E-state index contributed by atoms with van der Waals surface area (Å²) in [5.74, 6) is 0. The van der Waals surface area contributed by atoms with Gasteiger partial charge < -0.3 is 9.64 Å². The number of anilines is 1. The van der Waals surface area contributed by atoms with E-state index in [4.69, 9.17) is 4.74 Å². The van der Waals surface area contributed by atoms with Crippen LogP contribution in [0.2, 0.25) is 0 Å². The zero-order valence-electron chi connectivity index (χ0n) is 8.65. The summed E-state index contributed by atoms with van der Waals surface area (Å²) in [6.45, 7) is 3.65. The minimum Gasteiger partial charge on any atom is -0.378 e. The molecule has 0 N–H and O–H groups in total. The Morgan fingerprint density at radius 1 is 1.27 bits per heavy atom. The molecule has 78 valence electrons. The SMILES string of the molecule is C1=Cc2c(N3CCOCC3)ccnc2C1. The molecule has 1 saturated heterocycles. The minimum atomic E-state index is 0.834. The molecule has 1 fully saturated rings. The van der Waals surface area contributed by atoms with Crippen LogP contribution >= 0.6 is 0 Å². The molecule has 3 rings (SSSR count). The summed E-state index contributed by atoms with van der Waals surface area (Å²) < 4.78 is 5.37. The van der Waals surface area contributed by atoms with Gasteiger partial charge in [0.2, 0.25) is 0 Å². The Morgan fingerprint density at radius 3 is 3.00 bits per heavy atom. The van der Waals surface area contributed by atoms with E-state index in [1.165, 1.54) is 16.9 Å². The van der Waals surface area contributed by atoms with Gasteiger partial charge in [0, 0.05) is 37.0 Å². The van der Waals surface area contributed by atoms with E-state index in [0.717, 1.165) is 32.7 Å². The van der Waals surface area contributed by atoms with Gasteiger partial charge in [-0.25, -0.2) is 0 Å². The van der Waals surface area contributed by atoms with E-state index in [-0.39, 0.29) is 0 Å².